The van der Waals surface area contributed by atoms with Crippen LogP contribution in [0.5, 0.6) is 0 Å². The van der Waals surface area contributed by atoms with E-state index in [1.807, 2.05) is 0 Å². The lowest BCUT2D eigenvalue weighted by Crippen LogP contribution is -2.76. The summed E-state index contributed by atoms with van der Waals surface area (Å²) in [4.78, 5) is 0. The molecule has 0 aromatic carbocycles. The van der Waals surface area contributed by atoms with Crippen LogP contribution in [0, 0.1) is 17.8 Å². The molecule has 3 unspecified atom stereocenters. The predicted molar refractivity (Wildman–Crippen MR) is 45.4 cm³/mol. The Morgan fingerprint density at radius 3 is 2.06 bits per heavy atom. The molecule has 5 atom stereocenters. The van der Waals surface area contributed by atoms with Gasteiger partial charge in [0.25, 0.3) is 5.60 Å². The summed E-state index contributed by atoms with van der Waals surface area (Å²) in [5, 5.41) is 9.51. The minimum atomic E-state index is -5.50. The third-order valence-corrected chi connectivity index (χ3v) is 4.53. The highest BCUT2D eigenvalue weighted by molar-refractivity contribution is 5.20. The number of halogens is 6. The molecule has 1 N–H and O–H groups in total. The third kappa shape index (κ3) is 1.18. The van der Waals surface area contributed by atoms with Crippen LogP contribution in [0.1, 0.15) is 12.8 Å². The van der Waals surface area contributed by atoms with E-state index in [0.29, 0.717) is 0 Å². The van der Waals surface area contributed by atoms with Gasteiger partial charge in [0.15, 0.2) is 0 Å². The summed E-state index contributed by atoms with van der Waals surface area (Å²) >= 11 is 0. The van der Waals surface area contributed by atoms with Crippen molar-refractivity contribution in [3.05, 3.63) is 0 Å². The monoisotopic (exact) mass is 276 g/mol. The Morgan fingerprint density at radius 1 is 1.00 bits per heavy atom. The molecule has 2 aliphatic carbocycles. The molecule has 3 rings (SSSR count). The van der Waals surface area contributed by atoms with Crippen LogP contribution in [0.25, 0.3) is 0 Å². The highest BCUT2D eigenvalue weighted by Gasteiger charge is 2.86. The Bertz CT molecular complexity index is 362. The maximum atomic E-state index is 12.8. The molecule has 0 amide bonds. The van der Waals surface area contributed by atoms with Gasteiger partial charge in [-0.25, -0.2) is 0 Å². The number of aliphatic hydroxyl groups is 1. The molecule has 2 nitrogen and oxygen atoms in total. The maximum absolute atomic E-state index is 12.8. The van der Waals surface area contributed by atoms with E-state index in [9.17, 15) is 31.4 Å². The average molecular weight is 276 g/mol. The number of rotatable bonds is 0. The fourth-order valence-electron chi connectivity index (χ4n) is 3.87. The largest absolute Gasteiger partial charge is 0.426 e. The molecule has 2 saturated carbocycles. The Labute approximate surface area is 97.9 Å². The van der Waals surface area contributed by atoms with Gasteiger partial charge in [0.05, 0.1) is 12.2 Å². The van der Waals surface area contributed by atoms with E-state index in [-0.39, 0.29) is 18.8 Å². The van der Waals surface area contributed by atoms with E-state index in [1.54, 1.807) is 0 Å². The minimum absolute atomic E-state index is 0.185. The highest BCUT2D eigenvalue weighted by atomic mass is 19.4. The maximum Gasteiger partial charge on any atom is 0.426 e. The number of hydrogen-bond acceptors (Lipinski definition) is 2. The van der Waals surface area contributed by atoms with E-state index in [4.69, 9.17) is 0 Å². The third-order valence-electron chi connectivity index (χ3n) is 4.53. The number of hydrogen-bond donors (Lipinski definition) is 1. The van der Waals surface area contributed by atoms with Crippen LogP contribution in [0.2, 0.25) is 0 Å². The Balaban J connectivity index is 2.01. The summed E-state index contributed by atoms with van der Waals surface area (Å²) in [5.74, 6) is -3.03. The Morgan fingerprint density at radius 2 is 1.56 bits per heavy atom. The molecule has 2 bridgehead atoms. The minimum Gasteiger partial charge on any atom is -0.393 e. The van der Waals surface area contributed by atoms with Crippen LogP contribution in [0.3, 0.4) is 0 Å². The Hall–Kier alpha value is -0.500. The molecule has 0 radical (unpaired) electrons. The molecule has 0 spiro atoms. The van der Waals surface area contributed by atoms with Gasteiger partial charge in [-0.05, 0) is 24.7 Å². The van der Waals surface area contributed by atoms with Gasteiger partial charge in [0.1, 0.15) is 0 Å². The van der Waals surface area contributed by atoms with Crippen molar-refractivity contribution >= 4 is 0 Å². The number of fused-ring (bicyclic) bond motifs is 5. The van der Waals surface area contributed by atoms with Crippen LogP contribution < -0.4 is 0 Å². The first-order valence-corrected chi connectivity index (χ1v) is 5.59. The van der Waals surface area contributed by atoms with E-state index in [2.05, 4.69) is 4.74 Å². The predicted octanol–water partition coefficient (Wildman–Crippen LogP) is 2.27. The first kappa shape index (κ1) is 12.5. The number of alkyl halides is 6. The summed E-state index contributed by atoms with van der Waals surface area (Å²) in [6.07, 6.45) is -12.7. The molecule has 1 saturated heterocycles. The van der Waals surface area contributed by atoms with Gasteiger partial charge in [-0.3, -0.25) is 0 Å². The zero-order valence-electron chi connectivity index (χ0n) is 8.92. The molecule has 0 aromatic rings. The first-order chi connectivity index (χ1) is 8.09. The molecular weight excluding hydrogens is 266 g/mol. The van der Waals surface area contributed by atoms with Crippen molar-refractivity contribution in [2.24, 2.45) is 17.8 Å². The van der Waals surface area contributed by atoms with Gasteiger partial charge >= 0.3 is 12.4 Å². The van der Waals surface area contributed by atoms with Crippen LogP contribution in [0.15, 0.2) is 0 Å². The molecule has 3 fully saturated rings. The van der Waals surface area contributed by atoms with E-state index >= 15 is 0 Å². The molecule has 1 aliphatic heterocycles. The lowest BCUT2D eigenvalue weighted by Gasteiger charge is -2.57. The molecular formula is C10H10F6O2. The molecule has 0 aromatic heterocycles. The second kappa shape index (κ2) is 3.15. The van der Waals surface area contributed by atoms with Gasteiger partial charge in [-0.1, -0.05) is 0 Å². The van der Waals surface area contributed by atoms with Crippen molar-refractivity contribution < 1.29 is 36.2 Å². The molecule has 1 heterocycles. The normalized spacial score (nSPS) is 45.8. The highest BCUT2D eigenvalue weighted by Crippen LogP contribution is 2.69. The quantitative estimate of drug-likeness (QED) is 0.688. The zero-order valence-corrected chi connectivity index (χ0v) is 8.92. The zero-order chi connectivity index (χ0) is 13.5. The standard InChI is InChI=1S/C10H10F6O2/c11-9(12,13)8(10(14,15)16)6-4-1-3(2-5(4)17)7(6)18-8/h3-7,17H,1-2H2/t3-,4-,5?,6?,7?/m1/s1. The second-order valence-corrected chi connectivity index (χ2v) is 5.30. The van der Waals surface area contributed by atoms with E-state index in [0.717, 1.165) is 0 Å². The second-order valence-electron chi connectivity index (χ2n) is 5.30. The Kier molecular flexibility index (Phi) is 2.19. The molecule has 18 heavy (non-hydrogen) atoms. The van der Waals surface area contributed by atoms with Gasteiger partial charge < -0.3 is 9.84 Å². The van der Waals surface area contributed by atoms with Crippen molar-refractivity contribution in [2.45, 2.75) is 43.0 Å². The van der Waals surface area contributed by atoms with Gasteiger partial charge in [0, 0.05) is 5.92 Å². The lowest BCUT2D eigenvalue weighted by molar-refractivity contribution is -0.473. The smallest absolute Gasteiger partial charge is 0.393 e. The topological polar surface area (TPSA) is 29.5 Å². The van der Waals surface area contributed by atoms with Crippen molar-refractivity contribution in [1.82, 2.24) is 0 Å². The number of ether oxygens (including phenoxy) is 1. The van der Waals surface area contributed by atoms with Crippen LogP contribution in [-0.4, -0.2) is 35.3 Å². The average Bonchev–Trinajstić information content (AvgIpc) is 2.51. The number of aliphatic hydroxyl groups excluding tert-OH is 1. The van der Waals surface area contributed by atoms with Crippen LogP contribution in [0.4, 0.5) is 26.3 Å². The lowest BCUT2D eigenvalue weighted by atomic mass is 9.67. The van der Waals surface area contributed by atoms with Crippen molar-refractivity contribution in [3.63, 3.8) is 0 Å². The fraction of sp³-hybridized carbons (Fsp3) is 1.00. The summed E-state index contributed by atoms with van der Waals surface area (Å²) in [6, 6.07) is 0. The molecule has 104 valence electrons. The van der Waals surface area contributed by atoms with E-state index in [1.165, 1.54) is 0 Å². The van der Waals surface area contributed by atoms with Crippen molar-refractivity contribution in [1.29, 1.82) is 0 Å². The first-order valence-electron chi connectivity index (χ1n) is 5.59. The van der Waals surface area contributed by atoms with Gasteiger partial charge in [0.2, 0.25) is 0 Å². The fourth-order valence-corrected chi connectivity index (χ4v) is 3.87. The van der Waals surface area contributed by atoms with E-state index < -0.39 is 42.0 Å². The summed E-state index contributed by atoms with van der Waals surface area (Å²) in [5.41, 5.74) is -4.08. The molecule has 3 aliphatic rings. The van der Waals surface area contributed by atoms with Crippen molar-refractivity contribution in [2.75, 3.05) is 0 Å². The van der Waals surface area contributed by atoms with Gasteiger partial charge in [-0.2, -0.15) is 26.3 Å². The van der Waals surface area contributed by atoms with Crippen LogP contribution >= 0.6 is 0 Å². The SMILES string of the molecule is OC1C[C@H]2C[C@H]1C1C2OC1(C(F)(F)F)C(F)(F)F. The summed E-state index contributed by atoms with van der Waals surface area (Å²) in [6.45, 7) is 0. The summed E-state index contributed by atoms with van der Waals surface area (Å²) in [7, 11) is 0. The van der Waals surface area contributed by atoms with Gasteiger partial charge in [-0.15, -0.1) is 0 Å². The van der Waals surface area contributed by atoms with Crippen LogP contribution in [-0.2, 0) is 4.74 Å². The summed E-state index contributed by atoms with van der Waals surface area (Å²) < 4.78 is 81.2. The van der Waals surface area contributed by atoms with Crippen molar-refractivity contribution in [3.8, 4) is 0 Å². The molecule has 8 heteroatoms.